The molecule has 25 heavy (non-hydrogen) atoms. The first-order chi connectivity index (χ1) is 11.9. The summed E-state index contributed by atoms with van der Waals surface area (Å²) in [6, 6.07) is 0. The monoisotopic (exact) mass is 348 g/mol. The highest BCUT2D eigenvalue weighted by Crippen LogP contribution is 2.85. The van der Waals surface area contributed by atoms with Crippen molar-refractivity contribution in [2.24, 2.45) is 40.4 Å². The van der Waals surface area contributed by atoms with Gasteiger partial charge in [-0.25, -0.2) is 0 Å². The van der Waals surface area contributed by atoms with Gasteiger partial charge in [0.05, 0.1) is 6.10 Å². The van der Waals surface area contributed by atoms with Crippen molar-refractivity contribution < 1.29 is 14.6 Å². The Bertz CT molecular complexity index is 543. The highest BCUT2D eigenvalue weighted by molar-refractivity contribution is 5.85. The molecular formula is C22H36O3. The molecule has 0 heterocycles. The van der Waals surface area contributed by atoms with Gasteiger partial charge in [0.15, 0.2) is 0 Å². The first-order valence-electron chi connectivity index (χ1n) is 10.8. The van der Waals surface area contributed by atoms with Crippen LogP contribution in [-0.4, -0.2) is 23.3 Å². The second kappa shape index (κ2) is 5.97. The first kappa shape index (κ1) is 17.8. The van der Waals surface area contributed by atoms with E-state index in [1.54, 1.807) is 0 Å². The van der Waals surface area contributed by atoms with Crippen molar-refractivity contribution in [1.82, 2.24) is 0 Å². The van der Waals surface area contributed by atoms with Crippen LogP contribution in [0.4, 0.5) is 0 Å². The highest BCUT2D eigenvalue weighted by Gasteiger charge is 2.88. The first-order valence-corrected chi connectivity index (χ1v) is 10.8. The summed E-state index contributed by atoms with van der Waals surface area (Å²) < 4.78 is 6.26. The zero-order valence-electron chi connectivity index (χ0n) is 16.5. The van der Waals surface area contributed by atoms with Crippen LogP contribution >= 0.6 is 0 Å². The topological polar surface area (TPSA) is 46.5 Å². The number of aliphatic hydroxyl groups excluding tert-OH is 1. The molecule has 0 aromatic carbocycles. The number of carbonyl (C=O) groups excluding carboxylic acids is 1. The van der Waals surface area contributed by atoms with Crippen molar-refractivity contribution in [3.8, 4) is 0 Å². The van der Waals surface area contributed by atoms with E-state index in [-0.39, 0.29) is 23.4 Å². The number of carbonyl (C=O) groups is 1. The average molecular weight is 349 g/mol. The van der Waals surface area contributed by atoms with E-state index in [1.165, 1.54) is 19.3 Å². The summed E-state index contributed by atoms with van der Waals surface area (Å²) in [5, 5.41) is 11.1. The van der Waals surface area contributed by atoms with Crippen LogP contribution in [0, 0.1) is 40.4 Å². The second-order valence-corrected chi connectivity index (χ2v) is 10.1. The Hall–Kier alpha value is -0.570. The van der Waals surface area contributed by atoms with Crippen LogP contribution in [0.3, 0.4) is 0 Å². The lowest BCUT2D eigenvalue weighted by Gasteiger charge is -2.38. The molecule has 4 rings (SSSR count). The average Bonchev–Trinajstić information content (AvgIpc) is 2.82. The number of fused-ring (bicyclic) bond motifs is 1. The Morgan fingerprint density at radius 2 is 2.04 bits per heavy atom. The van der Waals surface area contributed by atoms with Crippen LogP contribution in [0.25, 0.3) is 0 Å². The molecule has 4 aliphatic carbocycles. The minimum absolute atomic E-state index is 0.0367. The lowest BCUT2D eigenvalue weighted by molar-refractivity contribution is -0.170. The van der Waals surface area contributed by atoms with Crippen molar-refractivity contribution in [1.29, 1.82) is 0 Å². The SMILES string of the molecule is CC[C@@H]1C[C@@]23CCC[C@@H]2[C@]3(C(=O)O[C@@H]2C[C@H](C)CC[C@H]2C(C)C)[C@H]1O. The van der Waals surface area contributed by atoms with Gasteiger partial charge in [0, 0.05) is 0 Å². The number of rotatable bonds is 4. The molecule has 3 nitrogen and oxygen atoms in total. The minimum atomic E-state index is -0.547. The van der Waals surface area contributed by atoms with Gasteiger partial charge in [-0.15, -0.1) is 0 Å². The summed E-state index contributed by atoms with van der Waals surface area (Å²) in [7, 11) is 0. The molecule has 142 valence electrons. The number of hydrogen-bond acceptors (Lipinski definition) is 3. The van der Waals surface area contributed by atoms with Crippen LogP contribution in [0.1, 0.15) is 79.1 Å². The van der Waals surface area contributed by atoms with E-state index in [9.17, 15) is 9.90 Å². The molecule has 0 aromatic heterocycles. The molecule has 8 atom stereocenters. The van der Waals surface area contributed by atoms with E-state index < -0.39 is 11.5 Å². The molecule has 4 fully saturated rings. The third-order valence-electron chi connectivity index (χ3n) is 8.69. The molecule has 4 saturated carbocycles. The van der Waals surface area contributed by atoms with Crippen LogP contribution in [0.2, 0.25) is 0 Å². The Balaban J connectivity index is 1.56. The molecule has 3 heteroatoms. The van der Waals surface area contributed by atoms with Crippen LogP contribution in [-0.2, 0) is 9.53 Å². The van der Waals surface area contributed by atoms with Gasteiger partial charge >= 0.3 is 5.97 Å². The highest BCUT2D eigenvalue weighted by atomic mass is 16.5. The normalized spacial score (nSPS) is 51.3. The van der Waals surface area contributed by atoms with E-state index in [2.05, 4.69) is 27.7 Å². The van der Waals surface area contributed by atoms with Crippen LogP contribution < -0.4 is 0 Å². The number of ether oxygens (including phenoxy) is 1. The molecule has 1 N–H and O–H groups in total. The minimum Gasteiger partial charge on any atom is -0.462 e. The summed E-state index contributed by atoms with van der Waals surface area (Å²) in [5.41, 5.74) is -0.466. The van der Waals surface area contributed by atoms with Gasteiger partial charge in [0.2, 0.25) is 0 Å². The molecular weight excluding hydrogens is 312 g/mol. The van der Waals surface area contributed by atoms with E-state index in [0.29, 0.717) is 23.7 Å². The Morgan fingerprint density at radius 1 is 1.28 bits per heavy atom. The molecule has 0 aromatic rings. The van der Waals surface area contributed by atoms with Crippen molar-refractivity contribution in [3.63, 3.8) is 0 Å². The van der Waals surface area contributed by atoms with Gasteiger partial charge in [-0.05, 0) is 67.1 Å². The smallest absolute Gasteiger partial charge is 0.315 e. The molecule has 0 radical (unpaired) electrons. The quantitative estimate of drug-likeness (QED) is 0.757. The van der Waals surface area contributed by atoms with Gasteiger partial charge < -0.3 is 9.84 Å². The van der Waals surface area contributed by atoms with E-state index in [4.69, 9.17) is 4.74 Å². The fourth-order valence-corrected chi connectivity index (χ4v) is 7.40. The summed E-state index contributed by atoms with van der Waals surface area (Å²) in [4.78, 5) is 13.4. The summed E-state index contributed by atoms with van der Waals surface area (Å²) in [6.45, 7) is 8.94. The molecule has 0 bridgehead atoms. The van der Waals surface area contributed by atoms with Gasteiger partial charge in [-0.1, -0.05) is 47.0 Å². The van der Waals surface area contributed by atoms with Crippen molar-refractivity contribution in [2.75, 3.05) is 0 Å². The maximum Gasteiger partial charge on any atom is 0.315 e. The Kier molecular flexibility index (Phi) is 4.26. The van der Waals surface area contributed by atoms with Gasteiger partial charge in [-0.2, -0.15) is 0 Å². The maximum absolute atomic E-state index is 13.4. The zero-order chi connectivity index (χ0) is 18.0. The van der Waals surface area contributed by atoms with Crippen molar-refractivity contribution in [2.45, 2.75) is 91.3 Å². The number of esters is 1. The van der Waals surface area contributed by atoms with E-state index >= 15 is 0 Å². The molecule has 0 amide bonds. The Labute approximate surface area is 152 Å². The lowest BCUT2D eigenvalue weighted by Crippen LogP contribution is -2.42. The maximum atomic E-state index is 13.4. The van der Waals surface area contributed by atoms with Gasteiger partial charge in [0.25, 0.3) is 0 Å². The van der Waals surface area contributed by atoms with Gasteiger partial charge in [0.1, 0.15) is 11.5 Å². The zero-order valence-corrected chi connectivity index (χ0v) is 16.5. The van der Waals surface area contributed by atoms with Crippen molar-refractivity contribution >= 4 is 5.97 Å². The predicted octanol–water partition coefficient (Wildman–Crippen LogP) is 4.57. The molecule has 1 spiro atoms. The fourth-order valence-electron chi connectivity index (χ4n) is 7.40. The largest absolute Gasteiger partial charge is 0.462 e. The van der Waals surface area contributed by atoms with E-state index in [1.807, 2.05) is 0 Å². The summed E-state index contributed by atoms with van der Waals surface area (Å²) >= 11 is 0. The summed E-state index contributed by atoms with van der Waals surface area (Å²) in [5.74, 6) is 2.30. The van der Waals surface area contributed by atoms with Gasteiger partial charge in [-0.3, -0.25) is 4.79 Å². The molecule has 0 aliphatic heterocycles. The standard InChI is InChI=1S/C22H36O3/c1-5-15-12-21-10-6-7-18(21)22(21,19(15)23)20(24)25-17-11-14(4)8-9-16(17)13(2)3/h13-19,23H,5-12H2,1-4H3/t14-,15-,16+,17-,18+,19+,21+,22-/m1/s1. The van der Waals surface area contributed by atoms with E-state index in [0.717, 1.165) is 32.1 Å². The third-order valence-corrected chi connectivity index (χ3v) is 8.69. The second-order valence-electron chi connectivity index (χ2n) is 10.1. The Morgan fingerprint density at radius 3 is 2.72 bits per heavy atom. The number of aliphatic hydroxyl groups is 1. The predicted molar refractivity (Wildman–Crippen MR) is 97.8 cm³/mol. The van der Waals surface area contributed by atoms with Crippen LogP contribution in [0.5, 0.6) is 0 Å². The lowest BCUT2D eigenvalue weighted by atomic mass is 9.75. The fraction of sp³-hybridized carbons (Fsp3) is 0.955. The molecule has 4 aliphatic rings. The molecule has 0 saturated heterocycles. The van der Waals surface area contributed by atoms with Crippen LogP contribution in [0.15, 0.2) is 0 Å². The number of hydrogen-bond donors (Lipinski definition) is 1. The summed E-state index contributed by atoms with van der Waals surface area (Å²) in [6.07, 6.45) is 8.44. The molecule has 0 unspecified atom stereocenters. The van der Waals surface area contributed by atoms with Crippen molar-refractivity contribution in [3.05, 3.63) is 0 Å². The third kappa shape index (κ3) is 2.23.